The molecule has 0 unspecified atom stereocenters. The van der Waals surface area contributed by atoms with Crippen molar-refractivity contribution in [1.29, 1.82) is 0 Å². The third kappa shape index (κ3) is 3.47. The molecule has 0 radical (unpaired) electrons. The van der Waals surface area contributed by atoms with E-state index in [1.165, 1.54) is 0 Å². The third-order valence-electron chi connectivity index (χ3n) is 4.62. The van der Waals surface area contributed by atoms with Gasteiger partial charge in [0.1, 0.15) is 13.2 Å². The molecule has 1 aliphatic heterocycles. The number of hydrogen-bond acceptors (Lipinski definition) is 6. The number of H-pyrrole nitrogens is 1. The van der Waals surface area contributed by atoms with E-state index in [0.29, 0.717) is 36.4 Å². The Balaban J connectivity index is 1.36. The number of nitrogens with zero attached hydrogens (tertiary/aromatic N) is 3. The van der Waals surface area contributed by atoms with Gasteiger partial charge < -0.3 is 14.8 Å². The van der Waals surface area contributed by atoms with E-state index in [9.17, 15) is 4.79 Å². The van der Waals surface area contributed by atoms with Gasteiger partial charge in [0, 0.05) is 23.3 Å². The summed E-state index contributed by atoms with van der Waals surface area (Å²) in [7, 11) is 0. The zero-order chi connectivity index (χ0) is 19.6. The van der Waals surface area contributed by atoms with E-state index in [1.807, 2.05) is 36.4 Å². The van der Waals surface area contributed by atoms with Crippen molar-refractivity contribution in [2.24, 2.45) is 0 Å². The van der Waals surface area contributed by atoms with Crippen LogP contribution in [0.3, 0.4) is 0 Å². The fourth-order valence-electron chi connectivity index (χ4n) is 3.26. The van der Waals surface area contributed by atoms with Crippen LogP contribution in [0.25, 0.3) is 22.3 Å². The Morgan fingerprint density at radius 1 is 1.03 bits per heavy atom. The van der Waals surface area contributed by atoms with E-state index in [2.05, 4.69) is 25.5 Å². The van der Waals surface area contributed by atoms with Gasteiger partial charge in [0.2, 0.25) is 5.91 Å². The summed E-state index contributed by atoms with van der Waals surface area (Å²) in [6.07, 6.45) is 3.59. The maximum absolute atomic E-state index is 12.6. The van der Waals surface area contributed by atoms with Crippen molar-refractivity contribution in [2.45, 2.75) is 6.42 Å². The molecule has 2 N–H and O–H groups in total. The van der Waals surface area contributed by atoms with Crippen LogP contribution in [-0.2, 0) is 11.2 Å². The molecule has 0 saturated heterocycles. The second kappa shape index (κ2) is 7.23. The summed E-state index contributed by atoms with van der Waals surface area (Å²) in [5.74, 6) is 2.29. The van der Waals surface area contributed by atoms with E-state index < -0.39 is 0 Å². The highest BCUT2D eigenvalue weighted by atomic mass is 16.6. The summed E-state index contributed by atoms with van der Waals surface area (Å²) >= 11 is 0. The van der Waals surface area contributed by atoms with Gasteiger partial charge in [0.25, 0.3) is 0 Å². The number of carbonyl (C=O) groups excluding carboxylic acids is 1. The molecule has 2 aromatic carbocycles. The molecule has 5 rings (SSSR count). The van der Waals surface area contributed by atoms with Crippen molar-refractivity contribution in [2.75, 3.05) is 18.5 Å². The van der Waals surface area contributed by atoms with Gasteiger partial charge in [-0.3, -0.25) is 9.89 Å². The standard InChI is InChI=1S/C21H17N5O3/c27-19(11-13-2-5-17-18(10-13)29-9-8-28-17)24-21-15-12-14(3-4-16(15)25-26-21)20-22-6-1-7-23-20/h1-7,10,12H,8-9,11H2,(H2,24,25,26,27). The van der Waals surface area contributed by atoms with Crippen molar-refractivity contribution in [3.63, 3.8) is 0 Å². The Labute approximate surface area is 165 Å². The molecule has 29 heavy (non-hydrogen) atoms. The van der Waals surface area contributed by atoms with E-state index >= 15 is 0 Å². The van der Waals surface area contributed by atoms with E-state index in [4.69, 9.17) is 9.47 Å². The normalized spacial score (nSPS) is 12.7. The van der Waals surface area contributed by atoms with Crippen molar-refractivity contribution in [3.05, 3.63) is 60.4 Å². The maximum atomic E-state index is 12.6. The fourth-order valence-corrected chi connectivity index (χ4v) is 3.26. The number of aromatic nitrogens is 4. The van der Waals surface area contributed by atoms with Crippen LogP contribution in [0.5, 0.6) is 11.5 Å². The van der Waals surface area contributed by atoms with Gasteiger partial charge in [-0.15, -0.1) is 0 Å². The van der Waals surface area contributed by atoms with Crippen LogP contribution in [0.1, 0.15) is 5.56 Å². The van der Waals surface area contributed by atoms with E-state index in [0.717, 1.165) is 22.0 Å². The summed E-state index contributed by atoms with van der Waals surface area (Å²) in [6, 6.07) is 13.0. The first-order valence-corrected chi connectivity index (χ1v) is 9.20. The highest BCUT2D eigenvalue weighted by Gasteiger charge is 2.15. The second-order valence-corrected chi connectivity index (χ2v) is 6.61. The van der Waals surface area contributed by atoms with Crippen LogP contribution < -0.4 is 14.8 Å². The minimum Gasteiger partial charge on any atom is -0.486 e. The molecule has 0 atom stereocenters. The first-order valence-electron chi connectivity index (χ1n) is 9.20. The van der Waals surface area contributed by atoms with Crippen LogP contribution in [0, 0.1) is 0 Å². The largest absolute Gasteiger partial charge is 0.486 e. The van der Waals surface area contributed by atoms with Gasteiger partial charge in [0.05, 0.1) is 11.9 Å². The quantitative estimate of drug-likeness (QED) is 0.558. The summed E-state index contributed by atoms with van der Waals surface area (Å²) < 4.78 is 11.1. The monoisotopic (exact) mass is 387 g/mol. The van der Waals surface area contributed by atoms with Crippen LogP contribution in [-0.4, -0.2) is 39.3 Å². The minimum atomic E-state index is -0.170. The summed E-state index contributed by atoms with van der Waals surface area (Å²) in [4.78, 5) is 21.1. The molecule has 0 aliphatic carbocycles. The third-order valence-corrected chi connectivity index (χ3v) is 4.62. The molecular weight excluding hydrogens is 370 g/mol. The number of carbonyl (C=O) groups is 1. The van der Waals surface area contributed by atoms with E-state index in [-0.39, 0.29) is 12.3 Å². The lowest BCUT2D eigenvalue weighted by Crippen LogP contribution is -2.17. The Bertz CT molecular complexity index is 1190. The van der Waals surface area contributed by atoms with Gasteiger partial charge in [-0.05, 0) is 42.0 Å². The SMILES string of the molecule is O=C(Cc1ccc2c(c1)OCCO2)Nc1n[nH]c2ccc(-c3ncccn3)cc12. The molecule has 0 saturated carbocycles. The highest BCUT2D eigenvalue weighted by Crippen LogP contribution is 2.31. The molecule has 1 aliphatic rings. The molecule has 0 fully saturated rings. The number of benzene rings is 2. The molecule has 8 heteroatoms. The lowest BCUT2D eigenvalue weighted by molar-refractivity contribution is -0.115. The van der Waals surface area contributed by atoms with Crippen molar-refractivity contribution in [3.8, 4) is 22.9 Å². The number of aromatic amines is 1. The molecule has 8 nitrogen and oxygen atoms in total. The number of anilines is 1. The summed E-state index contributed by atoms with van der Waals surface area (Å²) in [5.41, 5.74) is 2.51. The molecule has 0 bridgehead atoms. The topological polar surface area (TPSA) is 102 Å². The second-order valence-electron chi connectivity index (χ2n) is 6.61. The first kappa shape index (κ1) is 17.2. The zero-order valence-corrected chi connectivity index (χ0v) is 15.4. The number of amides is 1. The average Bonchev–Trinajstić information content (AvgIpc) is 3.16. The smallest absolute Gasteiger partial charge is 0.230 e. The molecule has 1 amide bonds. The Morgan fingerprint density at radius 3 is 2.72 bits per heavy atom. The number of rotatable bonds is 4. The Morgan fingerprint density at radius 2 is 1.86 bits per heavy atom. The van der Waals surface area contributed by atoms with Crippen molar-refractivity contribution < 1.29 is 14.3 Å². The average molecular weight is 387 g/mol. The number of fused-ring (bicyclic) bond motifs is 2. The predicted octanol–water partition coefficient (Wildman–Crippen LogP) is 2.97. The molecule has 144 valence electrons. The number of nitrogens with one attached hydrogen (secondary N) is 2. The minimum absolute atomic E-state index is 0.170. The predicted molar refractivity (Wildman–Crippen MR) is 107 cm³/mol. The van der Waals surface area contributed by atoms with Gasteiger partial charge in [0.15, 0.2) is 23.1 Å². The van der Waals surface area contributed by atoms with Crippen LogP contribution in [0.2, 0.25) is 0 Å². The highest BCUT2D eigenvalue weighted by molar-refractivity contribution is 6.01. The fraction of sp³-hybridized carbons (Fsp3) is 0.143. The lowest BCUT2D eigenvalue weighted by Gasteiger charge is -2.18. The van der Waals surface area contributed by atoms with Crippen molar-refractivity contribution >= 4 is 22.6 Å². The number of ether oxygens (including phenoxy) is 2. The van der Waals surface area contributed by atoms with Gasteiger partial charge in [-0.25, -0.2) is 9.97 Å². The van der Waals surface area contributed by atoms with Crippen LogP contribution in [0.15, 0.2) is 54.9 Å². The van der Waals surface area contributed by atoms with Gasteiger partial charge in [-0.1, -0.05) is 6.07 Å². The molecule has 2 aromatic heterocycles. The molecule has 0 spiro atoms. The maximum Gasteiger partial charge on any atom is 0.230 e. The summed E-state index contributed by atoms with van der Waals surface area (Å²) in [5, 5.41) is 10.8. The molecule has 3 heterocycles. The summed E-state index contributed by atoms with van der Waals surface area (Å²) in [6.45, 7) is 1.05. The Kier molecular flexibility index (Phi) is 4.28. The van der Waals surface area contributed by atoms with Crippen LogP contribution >= 0.6 is 0 Å². The van der Waals surface area contributed by atoms with Gasteiger partial charge in [-0.2, -0.15) is 5.10 Å². The Hall–Kier alpha value is -3.94. The van der Waals surface area contributed by atoms with Crippen molar-refractivity contribution in [1.82, 2.24) is 20.2 Å². The number of hydrogen-bond donors (Lipinski definition) is 2. The zero-order valence-electron chi connectivity index (χ0n) is 15.4. The lowest BCUT2D eigenvalue weighted by atomic mass is 10.1. The molecule has 4 aromatic rings. The molecular formula is C21H17N5O3. The van der Waals surface area contributed by atoms with E-state index in [1.54, 1.807) is 18.5 Å². The first-order chi connectivity index (χ1) is 14.3. The van der Waals surface area contributed by atoms with Gasteiger partial charge >= 0.3 is 0 Å². The van der Waals surface area contributed by atoms with Crippen LogP contribution in [0.4, 0.5) is 5.82 Å².